The van der Waals surface area contributed by atoms with Crippen molar-refractivity contribution in [2.24, 2.45) is 0 Å². The zero-order chi connectivity index (χ0) is 25.8. The molecule has 1 unspecified atom stereocenters. The van der Waals surface area contributed by atoms with Crippen LogP contribution in [-0.4, -0.2) is 34.8 Å². The van der Waals surface area contributed by atoms with Crippen LogP contribution in [0, 0.1) is 13.8 Å². The average Bonchev–Trinajstić information content (AvgIpc) is 2.83. The van der Waals surface area contributed by atoms with E-state index in [9.17, 15) is 13.2 Å². The first-order valence-corrected chi connectivity index (χ1v) is 13.0. The van der Waals surface area contributed by atoms with Crippen LogP contribution in [0.25, 0.3) is 0 Å². The van der Waals surface area contributed by atoms with Gasteiger partial charge in [0.15, 0.2) is 0 Å². The van der Waals surface area contributed by atoms with E-state index in [1.54, 1.807) is 56.7 Å². The van der Waals surface area contributed by atoms with Crippen molar-refractivity contribution in [3.05, 3.63) is 88.5 Å². The first-order valence-electron chi connectivity index (χ1n) is 11.2. The van der Waals surface area contributed by atoms with Crippen molar-refractivity contribution in [3.8, 4) is 11.5 Å². The van der Waals surface area contributed by atoms with Crippen LogP contribution in [0.4, 0.5) is 5.69 Å². The zero-order valence-corrected chi connectivity index (χ0v) is 21.8. The zero-order valence-electron chi connectivity index (χ0n) is 21.0. The molecule has 35 heavy (non-hydrogen) atoms. The fourth-order valence-corrected chi connectivity index (χ4v) is 4.62. The van der Waals surface area contributed by atoms with Gasteiger partial charge in [0, 0.05) is 11.1 Å². The highest BCUT2D eigenvalue weighted by atomic mass is 32.2. The summed E-state index contributed by atoms with van der Waals surface area (Å²) in [6.45, 7) is 5.98. The number of nitrogens with zero attached hydrogens (tertiary/aromatic N) is 1. The topological polar surface area (TPSA) is 84.9 Å². The molecule has 0 aliphatic heterocycles. The van der Waals surface area contributed by atoms with E-state index in [4.69, 9.17) is 9.47 Å². The van der Waals surface area contributed by atoms with E-state index < -0.39 is 10.0 Å². The van der Waals surface area contributed by atoms with E-state index in [2.05, 4.69) is 5.32 Å². The molecule has 0 saturated carbocycles. The maximum atomic E-state index is 12.9. The molecule has 3 rings (SSSR count). The van der Waals surface area contributed by atoms with Gasteiger partial charge in [-0.15, -0.1) is 0 Å². The van der Waals surface area contributed by atoms with E-state index in [0.717, 1.165) is 22.3 Å². The van der Waals surface area contributed by atoms with Crippen LogP contribution in [0.15, 0.2) is 60.7 Å². The molecular weight excluding hydrogens is 464 g/mol. The monoisotopic (exact) mass is 496 g/mol. The standard InChI is InChI=1S/C27H32N2O5S/c1-18-7-12-23(15-19(18)2)29(35(6,31)32)17-21-8-10-22(11-9-21)27(30)28-20(3)25-16-24(33-4)13-14-26(25)34-5/h7-16,20H,17H2,1-6H3,(H,28,30). The second-order valence-electron chi connectivity index (χ2n) is 8.54. The second kappa shape index (κ2) is 10.8. The Bertz CT molecular complexity index is 1300. The van der Waals surface area contributed by atoms with Crippen LogP contribution in [0.5, 0.6) is 11.5 Å². The number of carbonyl (C=O) groups excluding carboxylic acids is 1. The summed E-state index contributed by atoms with van der Waals surface area (Å²) in [6.07, 6.45) is 1.19. The molecular formula is C27H32N2O5S. The predicted molar refractivity (Wildman–Crippen MR) is 139 cm³/mol. The summed E-state index contributed by atoms with van der Waals surface area (Å²) in [5.74, 6) is 1.08. The molecule has 0 heterocycles. The average molecular weight is 497 g/mol. The predicted octanol–water partition coefficient (Wildman–Crippen LogP) is 4.78. The summed E-state index contributed by atoms with van der Waals surface area (Å²) >= 11 is 0. The van der Waals surface area contributed by atoms with Gasteiger partial charge < -0.3 is 14.8 Å². The molecule has 3 aromatic rings. The van der Waals surface area contributed by atoms with Gasteiger partial charge in [0.25, 0.3) is 5.91 Å². The molecule has 3 aromatic carbocycles. The summed E-state index contributed by atoms with van der Waals surface area (Å²) in [6, 6.07) is 17.6. The molecule has 0 bridgehead atoms. The third-order valence-corrected chi connectivity index (χ3v) is 7.11. The first-order chi connectivity index (χ1) is 16.5. The highest BCUT2D eigenvalue weighted by Crippen LogP contribution is 2.29. The molecule has 1 atom stereocenters. The van der Waals surface area contributed by atoms with Crippen LogP contribution in [0.3, 0.4) is 0 Å². The molecule has 0 saturated heterocycles. The summed E-state index contributed by atoms with van der Waals surface area (Å²) in [5.41, 5.74) is 4.77. The number of rotatable bonds is 9. The van der Waals surface area contributed by atoms with Crippen LogP contribution in [-0.2, 0) is 16.6 Å². The molecule has 0 fully saturated rings. The van der Waals surface area contributed by atoms with Crippen molar-refractivity contribution < 1.29 is 22.7 Å². The Morgan fingerprint density at radius 3 is 2.20 bits per heavy atom. The Hall–Kier alpha value is -3.52. The quantitative estimate of drug-likeness (QED) is 0.461. The number of anilines is 1. The number of amides is 1. The smallest absolute Gasteiger partial charge is 0.251 e. The highest BCUT2D eigenvalue weighted by molar-refractivity contribution is 7.92. The van der Waals surface area contributed by atoms with Gasteiger partial charge >= 0.3 is 0 Å². The van der Waals surface area contributed by atoms with E-state index in [0.29, 0.717) is 22.7 Å². The number of hydrogen-bond donors (Lipinski definition) is 1. The van der Waals surface area contributed by atoms with Gasteiger partial charge in [0.2, 0.25) is 10.0 Å². The van der Waals surface area contributed by atoms with Gasteiger partial charge in [-0.05, 0) is 79.9 Å². The van der Waals surface area contributed by atoms with Crippen LogP contribution >= 0.6 is 0 Å². The van der Waals surface area contributed by atoms with E-state index in [1.807, 2.05) is 39.0 Å². The molecule has 1 amide bonds. The lowest BCUT2D eigenvalue weighted by Crippen LogP contribution is -2.29. The van der Waals surface area contributed by atoms with Crippen LogP contribution in [0.2, 0.25) is 0 Å². The second-order valence-corrected chi connectivity index (χ2v) is 10.4. The van der Waals surface area contributed by atoms with Gasteiger partial charge in [-0.2, -0.15) is 0 Å². The van der Waals surface area contributed by atoms with Crippen molar-refractivity contribution in [1.29, 1.82) is 0 Å². The van der Waals surface area contributed by atoms with Gasteiger partial charge in [0.05, 0.1) is 38.7 Å². The maximum Gasteiger partial charge on any atom is 0.251 e. The van der Waals surface area contributed by atoms with Gasteiger partial charge in [-0.25, -0.2) is 8.42 Å². The molecule has 0 spiro atoms. The van der Waals surface area contributed by atoms with Crippen LogP contribution < -0.4 is 19.1 Å². The van der Waals surface area contributed by atoms with Crippen LogP contribution in [0.1, 0.15) is 45.6 Å². The number of ether oxygens (including phenoxy) is 2. The number of aryl methyl sites for hydroxylation is 2. The number of hydrogen-bond acceptors (Lipinski definition) is 5. The normalized spacial score (nSPS) is 12.1. The van der Waals surface area contributed by atoms with Crippen molar-refractivity contribution in [1.82, 2.24) is 5.32 Å². The maximum absolute atomic E-state index is 12.9. The van der Waals surface area contributed by atoms with Crippen molar-refractivity contribution in [3.63, 3.8) is 0 Å². The lowest BCUT2D eigenvalue weighted by molar-refractivity contribution is 0.0939. The number of nitrogens with one attached hydrogen (secondary N) is 1. The molecule has 186 valence electrons. The highest BCUT2D eigenvalue weighted by Gasteiger charge is 2.20. The van der Waals surface area contributed by atoms with Crippen molar-refractivity contribution in [2.45, 2.75) is 33.4 Å². The lowest BCUT2D eigenvalue weighted by atomic mass is 10.1. The molecule has 0 aliphatic rings. The largest absolute Gasteiger partial charge is 0.497 e. The Kier molecular flexibility index (Phi) is 8.07. The molecule has 0 radical (unpaired) electrons. The fourth-order valence-electron chi connectivity index (χ4n) is 3.74. The minimum absolute atomic E-state index is 0.167. The molecule has 1 N–H and O–H groups in total. The first kappa shape index (κ1) is 26.1. The van der Waals surface area contributed by atoms with E-state index in [-0.39, 0.29) is 18.5 Å². The molecule has 0 aliphatic carbocycles. The SMILES string of the molecule is COc1ccc(OC)c(C(C)NC(=O)c2ccc(CN(c3ccc(C)c(C)c3)S(C)(=O)=O)cc2)c1. The molecule has 0 aromatic heterocycles. The fraction of sp³-hybridized carbons (Fsp3) is 0.296. The minimum Gasteiger partial charge on any atom is -0.497 e. The number of methoxy groups -OCH3 is 2. The van der Waals surface area contributed by atoms with E-state index in [1.165, 1.54) is 10.6 Å². The summed E-state index contributed by atoms with van der Waals surface area (Å²) in [7, 11) is -0.335. The summed E-state index contributed by atoms with van der Waals surface area (Å²) in [5, 5.41) is 2.98. The van der Waals surface area contributed by atoms with Gasteiger partial charge in [-0.3, -0.25) is 9.10 Å². The third kappa shape index (κ3) is 6.33. The number of benzene rings is 3. The summed E-state index contributed by atoms with van der Waals surface area (Å²) < 4.78 is 37.1. The van der Waals surface area contributed by atoms with Crippen molar-refractivity contribution in [2.75, 3.05) is 24.8 Å². The van der Waals surface area contributed by atoms with E-state index >= 15 is 0 Å². The molecule has 8 heteroatoms. The Labute approximate surface area is 207 Å². The van der Waals surface area contributed by atoms with Gasteiger partial charge in [0.1, 0.15) is 11.5 Å². The van der Waals surface area contributed by atoms with Gasteiger partial charge in [-0.1, -0.05) is 18.2 Å². The van der Waals surface area contributed by atoms with Crippen molar-refractivity contribution >= 4 is 21.6 Å². The Morgan fingerprint density at radius 1 is 0.943 bits per heavy atom. The molecule has 7 nitrogen and oxygen atoms in total. The summed E-state index contributed by atoms with van der Waals surface area (Å²) in [4.78, 5) is 12.9. The number of sulfonamides is 1. The lowest BCUT2D eigenvalue weighted by Gasteiger charge is -2.23. The Balaban J connectivity index is 1.76. The minimum atomic E-state index is -3.50. The Morgan fingerprint density at radius 2 is 1.63 bits per heavy atom. The number of carbonyl (C=O) groups is 1. The third-order valence-electron chi connectivity index (χ3n) is 5.97.